The Morgan fingerprint density at radius 2 is 1.59 bits per heavy atom. The van der Waals surface area contributed by atoms with Crippen molar-refractivity contribution in [2.45, 2.75) is 67.0 Å². The SMILES string of the molecule is CC.CC/C=C(OC)\C(=C(\C)CC)c1c(CN(C)C(C)c2ccccc2)ccc2ccccc12. The van der Waals surface area contributed by atoms with Gasteiger partial charge in [-0.2, -0.15) is 0 Å². The van der Waals surface area contributed by atoms with Gasteiger partial charge in [0.1, 0.15) is 5.76 Å². The van der Waals surface area contributed by atoms with Gasteiger partial charge in [-0.25, -0.2) is 0 Å². The molecule has 0 aliphatic carbocycles. The maximum atomic E-state index is 5.95. The summed E-state index contributed by atoms with van der Waals surface area (Å²) in [7, 11) is 4.00. The summed E-state index contributed by atoms with van der Waals surface area (Å²) in [6.45, 7) is 13.8. The van der Waals surface area contributed by atoms with Crippen molar-refractivity contribution in [2.75, 3.05) is 14.2 Å². The Balaban J connectivity index is 0.00000199. The van der Waals surface area contributed by atoms with Gasteiger partial charge in [0.05, 0.1) is 7.11 Å². The molecule has 2 nitrogen and oxygen atoms in total. The molecule has 0 saturated carbocycles. The summed E-state index contributed by atoms with van der Waals surface area (Å²) in [5.41, 5.74) is 6.56. The Bertz CT molecular complexity index is 1090. The van der Waals surface area contributed by atoms with Crippen molar-refractivity contribution >= 4 is 16.3 Å². The Hall–Kier alpha value is -2.84. The fourth-order valence-electron chi connectivity index (χ4n) is 4.33. The molecular weight excluding hydrogens is 414 g/mol. The van der Waals surface area contributed by atoms with Crippen molar-refractivity contribution < 1.29 is 4.74 Å². The quantitative estimate of drug-likeness (QED) is 0.234. The molecule has 0 fully saturated rings. The number of hydrogen-bond donors (Lipinski definition) is 0. The second-order valence-electron chi connectivity index (χ2n) is 8.51. The van der Waals surface area contributed by atoms with E-state index in [9.17, 15) is 0 Å². The van der Waals surface area contributed by atoms with E-state index in [0.29, 0.717) is 6.04 Å². The minimum Gasteiger partial charge on any atom is -0.496 e. The highest BCUT2D eigenvalue weighted by molar-refractivity contribution is 5.99. The molecular formula is C32H43NO. The molecule has 3 rings (SSSR count). The third kappa shape index (κ3) is 6.39. The van der Waals surface area contributed by atoms with Crippen molar-refractivity contribution in [1.29, 1.82) is 0 Å². The Morgan fingerprint density at radius 1 is 0.941 bits per heavy atom. The lowest BCUT2D eigenvalue weighted by Gasteiger charge is -2.28. The Morgan fingerprint density at radius 3 is 2.21 bits per heavy atom. The molecule has 0 amide bonds. The number of hydrogen-bond acceptors (Lipinski definition) is 2. The van der Waals surface area contributed by atoms with Gasteiger partial charge in [-0.15, -0.1) is 0 Å². The van der Waals surface area contributed by atoms with Crippen molar-refractivity contribution in [2.24, 2.45) is 0 Å². The molecule has 182 valence electrons. The van der Waals surface area contributed by atoms with Gasteiger partial charge < -0.3 is 4.74 Å². The molecule has 1 atom stereocenters. The Kier molecular flexibility index (Phi) is 11.1. The molecule has 0 aromatic heterocycles. The summed E-state index contributed by atoms with van der Waals surface area (Å²) in [5, 5.41) is 2.55. The van der Waals surface area contributed by atoms with Crippen LogP contribution in [0.15, 0.2) is 84.1 Å². The zero-order valence-corrected chi connectivity index (χ0v) is 22.5. The summed E-state index contributed by atoms with van der Waals surface area (Å²) in [4.78, 5) is 2.43. The smallest absolute Gasteiger partial charge is 0.122 e. The van der Waals surface area contributed by atoms with Gasteiger partial charge in [0.25, 0.3) is 0 Å². The van der Waals surface area contributed by atoms with Gasteiger partial charge in [0.2, 0.25) is 0 Å². The molecule has 3 aromatic rings. The highest BCUT2D eigenvalue weighted by Crippen LogP contribution is 2.37. The summed E-state index contributed by atoms with van der Waals surface area (Å²) >= 11 is 0. The van der Waals surface area contributed by atoms with E-state index in [2.05, 4.69) is 112 Å². The molecule has 0 saturated heterocycles. The van der Waals surface area contributed by atoms with Crippen molar-refractivity contribution in [3.05, 3.63) is 101 Å². The first-order valence-corrected chi connectivity index (χ1v) is 12.7. The Labute approximate surface area is 208 Å². The molecule has 3 aromatic carbocycles. The third-order valence-corrected chi connectivity index (χ3v) is 6.44. The molecule has 0 heterocycles. The van der Waals surface area contributed by atoms with Crippen LogP contribution in [0.2, 0.25) is 0 Å². The summed E-state index contributed by atoms with van der Waals surface area (Å²) < 4.78 is 5.95. The maximum absolute atomic E-state index is 5.95. The van der Waals surface area contributed by atoms with E-state index >= 15 is 0 Å². The number of rotatable bonds is 9. The molecule has 0 N–H and O–H groups in total. The second kappa shape index (κ2) is 13.8. The van der Waals surface area contributed by atoms with Crippen molar-refractivity contribution in [3.8, 4) is 0 Å². The van der Waals surface area contributed by atoms with Crippen LogP contribution in [0.25, 0.3) is 16.3 Å². The van der Waals surface area contributed by atoms with Gasteiger partial charge in [-0.1, -0.05) is 100.0 Å². The monoisotopic (exact) mass is 457 g/mol. The van der Waals surface area contributed by atoms with Crippen molar-refractivity contribution in [3.63, 3.8) is 0 Å². The van der Waals surface area contributed by atoms with E-state index in [1.54, 1.807) is 7.11 Å². The lowest BCUT2D eigenvalue weighted by molar-refractivity contribution is 0.253. The van der Waals surface area contributed by atoms with Gasteiger partial charge in [-0.05, 0) is 67.3 Å². The third-order valence-electron chi connectivity index (χ3n) is 6.44. The summed E-state index contributed by atoms with van der Waals surface area (Å²) in [6, 6.07) is 24.3. The second-order valence-corrected chi connectivity index (χ2v) is 8.51. The molecule has 0 radical (unpaired) electrons. The molecule has 0 aliphatic heterocycles. The van der Waals surface area contributed by atoms with E-state index in [1.807, 2.05) is 13.8 Å². The molecule has 0 aliphatic rings. The molecule has 1 unspecified atom stereocenters. The van der Waals surface area contributed by atoms with E-state index in [0.717, 1.165) is 25.1 Å². The van der Waals surface area contributed by atoms with E-state index in [-0.39, 0.29) is 0 Å². The fourth-order valence-corrected chi connectivity index (χ4v) is 4.33. The van der Waals surface area contributed by atoms with Crippen LogP contribution in [0.4, 0.5) is 0 Å². The minimum atomic E-state index is 0.323. The van der Waals surface area contributed by atoms with Crippen LogP contribution in [0.5, 0.6) is 0 Å². The molecule has 34 heavy (non-hydrogen) atoms. The highest BCUT2D eigenvalue weighted by atomic mass is 16.5. The lowest BCUT2D eigenvalue weighted by atomic mass is 9.88. The minimum absolute atomic E-state index is 0.323. The van der Waals surface area contributed by atoms with Crippen LogP contribution in [-0.2, 0) is 11.3 Å². The zero-order chi connectivity index (χ0) is 25.1. The normalized spacial score (nSPS) is 13.3. The van der Waals surface area contributed by atoms with Gasteiger partial charge >= 0.3 is 0 Å². The lowest BCUT2D eigenvalue weighted by Crippen LogP contribution is -2.22. The van der Waals surface area contributed by atoms with Crippen LogP contribution >= 0.6 is 0 Å². The molecule has 0 bridgehead atoms. The first-order valence-electron chi connectivity index (χ1n) is 12.7. The topological polar surface area (TPSA) is 12.5 Å². The number of allylic oxidation sites excluding steroid dienone is 3. The predicted octanol–water partition coefficient (Wildman–Crippen LogP) is 9.18. The average Bonchev–Trinajstić information content (AvgIpc) is 2.90. The first kappa shape index (κ1) is 27.4. The number of benzene rings is 3. The van der Waals surface area contributed by atoms with Crippen LogP contribution in [0.1, 0.15) is 77.1 Å². The predicted molar refractivity (Wildman–Crippen MR) is 150 cm³/mol. The van der Waals surface area contributed by atoms with Gasteiger partial charge in [-0.3, -0.25) is 4.90 Å². The van der Waals surface area contributed by atoms with Gasteiger partial charge in [0, 0.05) is 18.2 Å². The van der Waals surface area contributed by atoms with Crippen LogP contribution in [0, 0.1) is 0 Å². The van der Waals surface area contributed by atoms with Crippen LogP contribution in [0.3, 0.4) is 0 Å². The number of nitrogens with zero attached hydrogens (tertiary/aromatic N) is 1. The van der Waals surface area contributed by atoms with E-state index in [4.69, 9.17) is 4.74 Å². The van der Waals surface area contributed by atoms with E-state index in [1.165, 1.54) is 38.6 Å². The van der Waals surface area contributed by atoms with Crippen molar-refractivity contribution in [1.82, 2.24) is 4.90 Å². The fraction of sp³-hybridized carbons (Fsp3) is 0.375. The number of ether oxygens (including phenoxy) is 1. The summed E-state index contributed by atoms with van der Waals surface area (Å²) in [6.07, 6.45) is 4.13. The largest absolute Gasteiger partial charge is 0.496 e. The van der Waals surface area contributed by atoms with E-state index < -0.39 is 0 Å². The van der Waals surface area contributed by atoms with Crippen LogP contribution in [-0.4, -0.2) is 19.1 Å². The van der Waals surface area contributed by atoms with Gasteiger partial charge in [0.15, 0.2) is 0 Å². The standard InChI is InChI=1S/C30H37NO.C2H6/c1-7-14-28(32-6)29(22(3)8-2)30-26(20-19-25-17-12-13-18-27(25)30)21-31(5)23(4)24-15-10-9-11-16-24;1-2/h9-20,23H,7-8,21H2,1-6H3;1-2H3/b28-14+,29-22+;. The zero-order valence-electron chi connectivity index (χ0n) is 22.5. The molecule has 0 spiro atoms. The number of fused-ring (bicyclic) bond motifs is 1. The number of methoxy groups -OCH3 is 1. The first-order chi connectivity index (χ1) is 16.5. The maximum Gasteiger partial charge on any atom is 0.122 e. The highest BCUT2D eigenvalue weighted by Gasteiger charge is 2.21. The average molecular weight is 458 g/mol. The summed E-state index contributed by atoms with van der Waals surface area (Å²) in [5.74, 6) is 0.975. The van der Waals surface area contributed by atoms with Crippen LogP contribution < -0.4 is 0 Å². The molecule has 2 heteroatoms.